The average molecular weight is 349 g/mol. The number of aromatic nitrogens is 4. The van der Waals surface area contributed by atoms with Crippen molar-refractivity contribution in [1.82, 2.24) is 20.2 Å². The fourth-order valence-corrected chi connectivity index (χ4v) is 3.27. The van der Waals surface area contributed by atoms with E-state index in [1.54, 1.807) is 0 Å². The second-order valence-corrected chi connectivity index (χ2v) is 6.54. The second kappa shape index (κ2) is 7.61. The van der Waals surface area contributed by atoms with E-state index in [4.69, 9.17) is 17.3 Å². The molecule has 2 heterocycles. The molecule has 2 aromatic rings. The molecule has 0 unspecified atom stereocenters. The number of aryl methyl sites for hydroxylation is 2. The summed E-state index contributed by atoms with van der Waals surface area (Å²) in [6.07, 6.45) is 3.36. The predicted molar refractivity (Wildman–Crippen MR) is 91.7 cm³/mol. The van der Waals surface area contributed by atoms with Gasteiger partial charge in [0, 0.05) is 30.6 Å². The molecule has 8 heteroatoms. The summed E-state index contributed by atoms with van der Waals surface area (Å²) < 4.78 is 1.83. The van der Waals surface area contributed by atoms with Crippen molar-refractivity contribution in [3.8, 4) is 0 Å². The molecular formula is C16H21ClN6O. The molecule has 1 amide bonds. The number of tetrazole rings is 1. The van der Waals surface area contributed by atoms with Crippen molar-refractivity contribution in [2.45, 2.75) is 32.2 Å². The number of benzene rings is 1. The van der Waals surface area contributed by atoms with E-state index in [-0.39, 0.29) is 11.8 Å². The number of anilines is 1. The van der Waals surface area contributed by atoms with Crippen LogP contribution >= 0.6 is 11.6 Å². The van der Waals surface area contributed by atoms with Gasteiger partial charge in [-0.3, -0.25) is 4.79 Å². The Hall–Kier alpha value is -2.15. The van der Waals surface area contributed by atoms with Crippen LogP contribution in [0.5, 0.6) is 0 Å². The Kier molecular flexibility index (Phi) is 5.30. The zero-order valence-corrected chi connectivity index (χ0v) is 14.2. The molecule has 1 aliphatic rings. The summed E-state index contributed by atoms with van der Waals surface area (Å²) in [5, 5.41) is 12.8. The highest BCUT2D eigenvalue weighted by Crippen LogP contribution is 2.21. The number of piperidine rings is 1. The first kappa shape index (κ1) is 16.7. The molecular weight excluding hydrogens is 328 g/mol. The third-order valence-electron chi connectivity index (χ3n) is 4.42. The lowest BCUT2D eigenvalue weighted by atomic mass is 9.96. The molecule has 1 saturated heterocycles. The molecule has 0 spiro atoms. The van der Waals surface area contributed by atoms with Crippen LogP contribution in [0.25, 0.3) is 0 Å². The number of halogens is 1. The maximum Gasteiger partial charge on any atom is 0.245 e. The number of hydrogen-bond acceptors (Lipinski definition) is 5. The van der Waals surface area contributed by atoms with Crippen LogP contribution < -0.4 is 10.6 Å². The third-order valence-corrected chi connectivity index (χ3v) is 4.65. The summed E-state index contributed by atoms with van der Waals surface area (Å²) in [5.74, 6) is 0.521. The lowest BCUT2D eigenvalue weighted by Crippen LogP contribution is -2.39. The van der Waals surface area contributed by atoms with Gasteiger partial charge in [-0.25, -0.2) is 4.68 Å². The van der Waals surface area contributed by atoms with E-state index >= 15 is 0 Å². The molecule has 2 N–H and O–H groups in total. The summed E-state index contributed by atoms with van der Waals surface area (Å²) in [7, 11) is 0. The van der Waals surface area contributed by atoms with Crippen LogP contribution in [0.15, 0.2) is 24.3 Å². The maximum atomic E-state index is 11.3. The Balaban J connectivity index is 1.55. The van der Waals surface area contributed by atoms with E-state index in [1.165, 1.54) is 5.56 Å². The van der Waals surface area contributed by atoms with E-state index < -0.39 is 0 Å². The van der Waals surface area contributed by atoms with Crippen molar-refractivity contribution in [2.24, 2.45) is 11.7 Å². The Bertz CT molecular complexity index is 695. The molecule has 0 radical (unpaired) electrons. The topological polar surface area (TPSA) is 89.9 Å². The molecule has 1 aromatic heterocycles. The van der Waals surface area contributed by atoms with Gasteiger partial charge in [-0.2, -0.15) is 0 Å². The fraction of sp³-hybridized carbons (Fsp3) is 0.500. The molecule has 0 saturated carbocycles. The quantitative estimate of drug-likeness (QED) is 0.857. The Morgan fingerprint density at radius 1 is 1.33 bits per heavy atom. The first-order valence-corrected chi connectivity index (χ1v) is 8.56. The number of rotatable bonds is 6. The minimum absolute atomic E-state index is 0.0339. The summed E-state index contributed by atoms with van der Waals surface area (Å²) in [6.45, 7) is 2.25. The van der Waals surface area contributed by atoms with Gasteiger partial charge in [0.2, 0.25) is 11.9 Å². The third kappa shape index (κ3) is 4.03. The van der Waals surface area contributed by atoms with Crippen molar-refractivity contribution < 1.29 is 4.79 Å². The number of amides is 1. The predicted octanol–water partition coefficient (Wildman–Crippen LogP) is 1.66. The van der Waals surface area contributed by atoms with Crippen molar-refractivity contribution in [3.63, 3.8) is 0 Å². The van der Waals surface area contributed by atoms with E-state index in [1.807, 2.05) is 22.9 Å². The average Bonchev–Trinajstić information content (AvgIpc) is 3.03. The van der Waals surface area contributed by atoms with Gasteiger partial charge in [0.15, 0.2) is 0 Å². The fourth-order valence-electron chi connectivity index (χ4n) is 3.06. The summed E-state index contributed by atoms with van der Waals surface area (Å²) in [4.78, 5) is 13.4. The number of carbonyl (C=O) groups excluding carboxylic acids is 1. The zero-order chi connectivity index (χ0) is 16.9. The first-order chi connectivity index (χ1) is 11.6. The van der Waals surface area contributed by atoms with Crippen LogP contribution in [0.4, 0.5) is 5.95 Å². The number of primary amides is 1. The molecule has 1 fully saturated rings. The normalized spacial score (nSPS) is 15.6. The largest absolute Gasteiger partial charge is 0.369 e. The van der Waals surface area contributed by atoms with E-state index in [0.717, 1.165) is 56.3 Å². The molecule has 7 nitrogen and oxygen atoms in total. The van der Waals surface area contributed by atoms with Crippen LogP contribution in [0, 0.1) is 5.92 Å². The van der Waals surface area contributed by atoms with Gasteiger partial charge in [-0.1, -0.05) is 28.8 Å². The highest BCUT2D eigenvalue weighted by Gasteiger charge is 2.25. The van der Waals surface area contributed by atoms with Crippen LogP contribution in [0.2, 0.25) is 5.02 Å². The van der Waals surface area contributed by atoms with Gasteiger partial charge in [0.05, 0.1) is 0 Å². The van der Waals surface area contributed by atoms with Crippen molar-refractivity contribution in [1.29, 1.82) is 0 Å². The van der Waals surface area contributed by atoms with Gasteiger partial charge < -0.3 is 10.6 Å². The monoisotopic (exact) mass is 348 g/mol. The van der Waals surface area contributed by atoms with Crippen LogP contribution in [0.1, 0.15) is 24.8 Å². The number of nitrogens with two attached hydrogens (primary N) is 1. The van der Waals surface area contributed by atoms with Gasteiger partial charge in [-0.05, 0) is 53.8 Å². The highest BCUT2D eigenvalue weighted by molar-refractivity contribution is 6.30. The lowest BCUT2D eigenvalue weighted by Gasteiger charge is -2.30. The number of hydrogen-bond donors (Lipinski definition) is 1. The molecule has 128 valence electrons. The lowest BCUT2D eigenvalue weighted by molar-refractivity contribution is -0.122. The Labute approximate surface area is 145 Å². The van der Waals surface area contributed by atoms with Crippen molar-refractivity contribution >= 4 is 23.5 Å². The SMILES string of the molecule is NC(=O)C1CCN(c2nnnn2CCCc2cccc(Cl)c2)CC1. The molecule has 1 aliphatic heterocycles. The zero-order valence-electron chi connectivity index (χ0n) is 13.4. The molecule has 1 aromatic carbocycles. The minimum atomic E-state index is -0.212. The summed E-state index contributed by atoms with van der Waals surface area (Å²) in [5.41, 5.74) is 6.59. The van der Waals surface area contributed by atoms with Gasteiger partial charge in [-0.15, -0.1) is 0 Å². The number of nitrogens with zero attached hydrogens (tertiary/aromatic N) is 5. The summed E-state index contributed by atoms with van der Waals surface area (Å²) >= 11 is 6.01. The van der Waals surface area contributed by atoms with Gasteiger partial charge in [0.25, 0.3) is 0 Å². The summed E-state index contributed by atoms with van der Waals surface area (Å²) in [6, 6.07) is 7.89. The van der Waals surface area contributed by atoms with Crippen LogP contribution in [0.3, 0.4) is 0 Å². The van der Waals surface area contributed by atoms with Crippen molar-refractivity contribution in [3.05, 3.63) is 34.9 Å². The van der Waals surface area contributed by atoms with Crippen LogP contribution in [-0.4, -0.2) is 39.2 Å². The van der Waals surface area contributed by atoms with Gasteiger partial charge >= 0.3 is 0 Å². The number of carbonyl (C=O) groups is 1. The Morgan fingerprint density at radius 3 is 2.83 bits per heavy atom. The smallest absolute Gasteiger partial charge is 0.245 e. The maximum absolute atomic E-state index is 11.3. The molecule has 3 rings (SSSR count). The second-order valence-electron chi connectivity index (χ2n) is 6.10. The first-order valence-electron chi connectivity index (χ1n) is 8.18. The minimum Gasteiger partial charge on any atom is -0.369 e. The van der Waals surface area contributed by atoms with E-state index in [2.05, 4.69) is 26.5 Å². The van der Waals surface area contributed by atoms with E-state index in [9.17, 15) is 4.79 Å². The molecule has 0 bridgehead atoms. The van der Waals surface area contributed by atoms with Crippen LogP contribution in [-0.2, 0) is 17.8 Å². The molecule has 0 aliphatic carbocycles. The Morgan fingerprint density at radius 2 is 2.12 bits per heavy atom. The van der Waals surface area contributed by atoms with Crippen molar-refractivity contribution in [2.75, 3.05) is 18.0 Å². The standard InChI is InChI=1S/C16H21ClN6O/c17-14-5-1-3-12(11-14)4-2-8-23-16(19-20-21-23)22-9-6-13(7-10-22)15(18)24/h1,3,5,11,13H,2,4,6-10H2,(H2,18,24). The molecule has 24 heavy (non-hydrogen) atoms. The highest BCUT2D eigenvalue weighted by atomic mass is 35.5. The molecule has 0 atom stereocenters. The van der Waals surface area contributed by atoms with Gasteiger partial charge in [0.1, 0.15) is 0 Å². The van der Waals surface area contributed by atoms with E-state index in [0.29, 0.717) is 0 Å².